The zero-order valence-corrected chi connectivity index (χ0v) is 14.5. The summed E-state index contributed by atoms with van der Waals surface area (Å²) in [4.78, 5) is 0. The maximum atomic E-state index is 10.4. The first-order valence-electron chi connectivity index (χ1n) is 8.21. The van der Waals surface area contributed by atoms with E-state index in [0.29, 0.717) is 11.5 Å². The molecule has 0 radical (unpaired) electrons. The molecule has 1 heterocycles. The quantitative estimate of drug-likeness (QED) is 0.693. The number of hydrogen-bond acceptors (Lipinski definition) is 5. The molecule has 1 aromatic rings. The van der Waals surface area contributed by atoms with E-state index in [1.165, 1.54) is 0 Å². The number of ether oxygens (including phenoxy) is 1. The second-order valence-corrected chi connectivity index (χ2v) is 7.20. The van der Waals surface area contributed by atoms with Gasteiger partial charge in [0.15, 0.2) is 0 Å². The van der Waals surface area contributed by atoms with Gasteiger partial charge in [-0.05, 0) is 58.1 Å². The molecule has 1 aromatic carbocycles. The van der Waals surface area contributed by atoms with Gasteiger partial charge in [0.2, 0.25) is 0 Å². The molecule has 1 aliphatic rings. The summed E-state index contributed by atoms with van der Waals surface area (Å²) in [5, 5.41) is 24.0. The van der Waals surface area contributed by atoms with Crippen LogP contribution in [-0.4, -0.2) is 47.7 Å². The predicted octanol–water partition coefficient (Wildman–Crippen LogP) is 1.53. The van der Waals surface area contributed by atoms with Crippen LogP contribution in [0.3, 0.4) is 0 Å². The highest BCUT2D eigenvalue weighted by Crippen LogP contribution is 2.25. The van der Waals surface area contributed by atoms with Gasteiger partial charge in [-0.25, -0.2) is 0 Å². The molecule has 0 aromatic heterocycles. The molecule has 5 nitrogen and oxygen atoms in total. The third-order valence-corrected chi connectivity index (χ3v) is 4.64. The van der Waals surface area contributed by atoms with Crippen LogP contribution < -0.4 is 10.8 Å². The fourth-order valence-electron chi connectivity index (χ4n) is 2.35. The minimum Gasteiger partial charge on any atom is -0.423 e. The third kappa shape index (κ3) is 4.95. The van der Waals surface area contributed by atoms with Gasteiger partial charge in [0.1, 0.15) is 0 Å². The summed E-state index contributed by atoms with van der Waals surface area (Å²) < 4.78 is 11.1. The van der Waals surface area contributed by atoms with Gasteiger partial charge in [-0.3, -0.25) is 0 Å². The van der Waals surface area contributed by atoms with Crippen LogP contribution in [0.1, 0.15) is 40.5 Å². The molecule has 0 atom stereocenters. The predicted molar refractivity (Wildman–Crippen MR) is 93.0 cm³/mol. The lowest BCUT2D eigenvalue weighted by Gasteiger charge is -2.38. The van der Waals surface area contributed by atoms with Crippen LogP contribution in [0.2, 0.25) is 0 Å². The van der Waals surface area contributed by atoms with Crippen LogP contribution in [0, 0.1) is 0 Å². The highest BCUT2D eigenvalue weighted by molar-refractivity contribution is 6.60. The minimum absolute atomic E-state index is 0.393. The van der Waals surface area contributed by atoms with Crippen LogP contribution in [-0.2, 0) is 9.39 Å². The number of rotatable bonds is 6. The Balaban J connectivity index is 2.03. The van der Waals surface area contributed by atoms with E-state index < -0.39 is 18.3 Å². The van der Waals surface area contributed by atoms with E-state index in [4.69, 9.17) is 9.39 Å². The summed E-state index contributed by atoms with van der Waals surface area (Å²) in [5.41, 5.74) is -0.319. The van der Waals surface area contributed by atoms with Gasteiger partial charge >= 0.3 is 7.12 Å². The Morgan fingerprint density at radius 1 is 1.22 bits per heavy atom. The Morgan fingerprint density at radius 2 is 1.87 bits per heavy atom. The van der Waals surface area contributed by atoms with Crippen LogP contribution in [0.4, 0.5) is 5.69 Å². The molecule has 3 N–H and O–H groups in total. The summed E-state index contributed by atoms with van der Waals surface area (Å²) in [6.07, 6.45) is 1.96. The van der Waals surface area contributed by atoms with Crippen LogP contribution in [0.15, 0.2) is 24.3 Å². The van der Waals surface area contributed by atoms with Crippen molar-refractivity contribution < 1.29 is 19.5 Å². The molecular formula is C17H28BNO4. The monoisotopic (exact) mass is 321 g/mol. The lowest BCUT2D eigenvalue weighted by molar-refractivity contribution is -0.0982. The van der Waals surface area contributed by atoms with Crippen LogP contribution in [0.5, 0.6) is 0 Å². The fraction of sp³-hybridized carbons (Fsp3) is 0.647. The number of aliphatic hydroxyl groups is 1. The van der Waals surface area contributed by atoms with Gasteiger partial charge < -0.3 is 24.8 Å². The normalized spacial score (nSPS) is 17.1. The van der Waals surface area contributed by atoms with E-state index in [2.05, 4.69) is 5.32 Å². The molecule has 0 saturated carbocycles. The van der Waals surface area contributed by atoms with Gasteiger partial charge in [-0.1, -0.05) is 12.1 Å². The summed E-state index contributed by atoms with van der Waals surface area (Å²) in [7, 11) is -1.09. The Morgan fingerprint density at radius 3 is 2.48 bits per heavy atom. The van der Waals surface area contributed by atoms with Gasteiger partial charge in [-0.15, -0.1) is 0 Å². The van der Waals surface area contributed by atoms with Crippen molar-refractivity contribution in [1.82, 2.24) is 0 Å². The zero-order chi connectivity index (χ0) is 17.1. The Bertz CT molecular complexity index is 510. The number of hydrogen-bond donors (Lipinski definition) is 3. The molecule has 1 saturated heterocycles. The first-order chi connectivity index (χ1) is 10.7. The molecule has 0 bridgehead atoms. The van der Waals surface area contributed by atoms with E-state index in [1.54, 1.807) is 27.7 Å². The smallest absolute Gasteiger partial charge is 0.423 e. The Labute approximate surface area is 139 Å². The second kappa shape index (κ2) is 7.22. The van der Waals surface area contributed by atoms with Crippen molar-refractivity contribution in [1.29, 1.82) is 0 Å². The average molecular weight is 321 g/mol. The molecule has 128 valence electrons. The molecule has 0 amide bonds. The van der Waals surface area contributed by atoms with E-state index >= 15 is 0 Å². The van der Waals surface area contributed by atoms with Gasteiger partial charge in [0, 0.05) is 24.9 Å². The lowest BCUT2D eigenvalue weighted by Crippen LogP contribution is -2.53. The maximum Gasteiger partial charge on any atom is 0.491 e. The summed E-state index contributed by atoms with van der Waals surface area (Å²) in [6.45, 7) is 8.43. The highest BCUT2D eigenvalue weighted by Gasteiger charge is 2.39. The van der Waals surface area contributed by atoms with Crippen molar-refractivity contribution >= 4 is 18.3 Å². The lowest BCUT2D eigenvalue weighted by atomic mass is 9.76. The number of benzene rings is 1. The average Bonchev–Trinajstić information content (AvgIpc) is 2.47. The standard InChI is InChI=1S/C17H28BNO4/c1-16(2,20)17(3,4)23-18(21)13-6-5-7-15(12-13)19-14-8-10-22-11-9-14/h5-7,12,14,19-21H,8-11H2,1-4H3. The molecular weight excluding hydrogens is 293 g/mol. The molecule has 23 heavy (non-hydrogen) atoms. The first kappa shape index (κ1) is 18.3. The summed E-state index contributed by atoms with van der Waals surface area (Å²) in [5.74, 6) is 0. The molecule has 2 rings (SSSR count). The Hall–Kier alpha value is -1.08. The molecule has 0 unspecified atom stereocenters. The topological polar surface area (TPSA) is 71.0 Å². The van der Waals surface area contributed by atoms with E-state index in [9.17, 15) is 10.1 Å². The van der Waals surface area contributed by atoms with Gasteiger partial charge in [0.25, 0.3) is 0 Å². The zero-order valence-electron chi connectivity index (χ0n) is 14.5. The second-order valence-electron chi connectivity index (χ2n) is 7.20. The van der Waals surface area contributed by atoms with Crippen LogP contribution in [0.25, 0.3) is 0 Å². The van der Waals surface area contributed by atoms with Crippen molar-refractivity contribution in [2.45, 2.75) is 57.8 Å². The molecule has 6 heteroatoms. The highest BCUT2D eigenvalue weighted by atomic mass is 16.5. The molecule has 0 spiro atoms. The fourth-order valence-corrected chi connectivity index (χ4v) is 2.35. The number of anilines is 1. The minimum atomic E-state index is -1.09. The summed E-state index contributed by atoms with van der Waals surface area (Å²) >= 11 is 0. The summed E-state index contributed by atoms with van der Waals surface area (Å²) in [6, 6.07) is 7.97. The van der Waals surface area contributed by atoms with Crippen molar-refractivity contribution in [3.63, 3.8) is 0 Å². The van der Waals surface area contributed by atoms with Crippen molar-refractivity contribution in [2.75, 3.05) is 18.5 Å². The van der Waals surface area contributed by atoms with E-state index in [0.717, 1.165) is 31.7 Å². The first-order valence-corrected chi connectivity index (χ1v) is 8.21. The van der Waals surface area contributed by atoms with Crippen molar-refractivity contribution in [3.05, 3.63) is 24.3 Å². The van der Waals surface area contributed by atoms with Gasteiger partial charge in [0.05, 0.1) is 11.2 Å². The van der Waals surface area contributed by atoms with Gasteiger partial charge in [-0.2, -0.15) is 0 Å². The van der Waals surface area contributed by atoms with Crippen molar-refractivity contribution in [2.24, 2.45) is 0 Å². The maximum absolute atomic E-state index is 10.4. The molecule has 1 fully saturated rings. The third-order valence-electron chi connectivity index (χ3n) is 4.64. The molecule has 1 aliphatic heterocycles. The van der Waals surface area contributed by atoms with E-state index in [1.807, 2.05) is 24.3 Å². The molecule has 0 aliphatic carbocycles. The Kier molecular flexibility index (Phi) is 5.73. The largest absolute Gasteiger partial charge is 0.491 e. The van der Waals surface area contributed by atoms with E-state index in [-0.39, 0.29) is 0 Å². The SMILES string of the molecule is CC(C)(O)C(C)(C)OB(O)c1cccc(NC2CCOCC2)c1. The van der Waals surface area contributed by atoms with Crippen LogP contribution >= 0.6 is 0 Å². The van der Waals surface area contributed by atoms with Crippen molar-refractivity contribution in [3.8, 4) is 0 Å². The number of nitrogens with one attached hydrogen (secondary N) is 1.